The number of likely N-dealkylation sites (tertiary alicyclic amines) is 1. The maximum Gasteiger partial charge on any atom is 0.222 e. The van der Waals surface area contributed by atoms with Crippen molar-refractivity contribution in [3.8, 4) is 0 Å². The molecule has 2 aliphatic rings. The summed E-state index contributed by atoms with van der Waals surface area (Å²) in [5.41, 5.74) is 3.57. The van der Waals surface area contributed by atoms with Gasteiger partial charge in [-0.25, -0.2) is 0 Å². The molecule has 3 unspecified atom stereocenters. The first-order valence-electron chi connectivity index (χ1n) is 12.3. The normalized spacial score (nSPS) is 21.9. The van der Waals surface area contributed by atoms with Gasteiger partial charge in [0.2, 0.25) is 5.91 Å². The first-order valence-corrected chi connectivity index (χ1v) is 12.3. The van der Waals surface area contributed by atoms with Crippen molar-refractivity contribution < 1.29 is 4.79 Å². The lowest BCUT2D eigenvalue weighted by Crippen LogP contribution is -2.55. The molecule has 1 aromatic carbocycles. The van der Waals surface area contributed by atoms with Gasteiger partial charge < -0.3 is 10.2 Å². The molecule has 1 N–H and O–H groups in total. The highest BCUT2D eigenvalue weighted by Gasteiger charge is 2.36. The Kier molecular flexibility index (Phi) is 11.4. The molecule has 0 saturated carbocycles. The molecule has 8 heteroatoms. The van der Waals surface area contributed by atoms with Gasteiger partial charge in [-0.3, -0.25) is 14.4 Å². The Morgan fingerprint density at radius 3 is 2.68 bits per heavy atom. The summed E-state index contributed by atoms with van der Waals surface area (Å²) in [6.45, 7) is 10.1. The van der Waals surface area contributed by atoms with E-state index in [0.29, 0.717) is 24.9 Å². The third kappa shape index (κ3) is 7.45. The number of piperidine rings is 2. The fourth-order valence-electron chi connectivity index (χ4n) is 5.47. The van der Waals surface area contributed by atoms with E-state index < -0.39 is 0 Å². The largest absolute Gasteiger partial charge is 0.341 e. The molecule has 3 heterocycles. The van der Waals surface area contributed by atoms with Crippen molar-refractivity contribution in [3.05, 3.63) is 53.3 Å². The molecule has 4 rings (SSSR count). The van der Waals surface area contributed by atoms with Gasteiger partial charge in [0.1, 0.15) is 0 Å². The fourth-order valence-corrected chi connectivity index (χ4v) is 5.47. The highest BCUT2D eigenvalue weighted by atomic mass is 35.5. The van der Waals surface area contributed by atoms with E-state index in [-0.39, 0.29) is 30.7 Å². The predicted molar refractivity (Wildman–Crippen MR) is 143 cm³/mol. The third-order valence-corrected chi connectivity index (χ3v) is 7.24. The van der Waals surface area contributed by atoms with E-state index in [1.54, 1.807) is 0 Å². The Morgan fingerprint density at radius 2 is 1.97 bits per heavy atom. The maximum absolute atomic E-state index is 12.7. The molecule has 0 spiro atoms. The molecule has 6 nitrogen and oxygen atoms in total. The van der Waals surface area contributed by atoms with E-state index in [9.17, 15) is 4.79 Å². The highest BCUT2D eigenvalue weighted by molar-refractivity contribution is 5.85. The van der Waals surface area contributed by atoms with Crippen LogP contribution in [0.2, 0.25) is 0 Å². The van der Waals surface area contributed by atoms with Crippen molar-refractivity contribution in [2.24, 2.45) is 11.8 Å². The molecular formula is C26H41Cl2N5O. The van der Waals surface area contributed by atoms with Crippen molar-refractivity contribution in [3.63, 3.8) is 0 Å². The van der Waals surface area contributed by atoms with Gasteiger partial charge in [0, 0.05) is 64.0 Å². The Morgan fingerprint density at radius 1 is 1.21 bits per heavy atom. The van der Waals surface area contributed by atoms with E-state index in [1.165, 1.54) is 18.5 Å². The number of nitrogens with one attached hydrogen (secondary N) is 1. The molecule has 34 heavy (non-hydrogen) atoms. The quantitative estimate of drug-likeness (QED) is 0.547. The zero-order valence-corrected chi connectivity index (χ0v) is 22.4. The number of halogens is 2. The number of nitrogens with zero attached hydrogens (tertiary/aromatic N) is 4. The Hall–Kier alpha value is -1.60. The smallest absolute Gasteiger partial charge is 0.222 e. The van der Waals surface area contributed by atoms with Crippen LogP contribution in [0.3, 0.4) is 0 Å². The monoisotopic (exact) mass is 509 g/mol. The predicted octanol–water partition coefficient (Wildman–Crippen LogP) is 4.29. The van der Waals surface area contributed by atoms with Crippen LogP contribution in [0.15, 0.2) is 36.5 Å². The molecule has 1 aromatic heterocycles. The fraction of sp³-hybridized carbons (Fsp3) is 0.615. The number of rotatable bonds is 9. The average molecular weight is 511 g/mol. The van der Waals surface area contributed by atoms with Gasteiger partial charge >= 0.3 is 0 Å². The van der Waals surface area contributed by atoms with E-state index in [1.807, 2.05) is 23.6 Å². The number of fused-ring (bicyclic) bond motifs is 2. The maximum atomic E-state index is 12.7. The SMILES string of the molecule is CCn1cc(CN(C)C(=O)CCCC2NCC3CC2CN(Cc2ccccc2)C3)c(C)n1.Cl.Cl. The summed E-state index contributed by atoms with van der Waals surface area (Å²) in [4.78, 5) is 17.2. The van der Waals surface area contributed by atoms with E-state index in [0.717, 1.165) is 56.2 Å². The second kappa shape index (κ2) is 13.5. The van der Waals surface area contributed by atoms with Crippen molar-refractivity contribution in [2.75, 3.05) is 26.7 Å². The molecule has 2 aromatic rings. The summed E-state index contributed by atoms with van der Waals surface area (Å²) in [6.07, 6.45) is 6.06. The number of carbonyl (C=O) groups excluding carboxylic acids is 1. The minimum absolute atomic E-state index is 0. The molecule has 0 aliphatic carbocycles. The average Bonchev–Trinajstić information content (AvgIpc) is 3.15. The lowest BCUT2D eigenvalue weighted by atomic mass is 9.79. The van der Waals surface area contributed by atoms with Gasteiger partial charge in [-0.15, -0.1) is 24.8 Å². The van der Waals surface area contributed by atoms with E-state index >= 15 is 0 Å². The number of hydrogen-bond donors (Lipinski definition) is 1. The Bertz CT molecular complexity index is 891. The zero-order valence-electron chi connectivity index (χ0n) is 20.8. The van der Waals surface area contributed by atoms with E-state index in [2.05, 4.69) is 58.8 Å². The molecule has 0 radical (unpaired) electrons. The lowest BCUT2D eigenvalue weighted by Gasteiger charge is -2.46. The van der Waals surface area contributed by atoms with Crippen LogP contribution in [-0.2, 0) is 24.4 Å². The van der Waals surface area contributed by atoms with Gasteiger partial charge in [-0.05, 0) is 57.1 Å². The van der Waals surface area contributed by atoms with Crippen LogP contribution in [-0.4, -0.2) is 58.2 Å². The second-order valence-corrected chi connectivity index (χ2v) is 9.79. The number of aromatic nitrogens is 2. The highest BCUT2D eigenvalue weighted by Crippen LogP contribution is 2.31. The zero-order chi connectivity index (χ0) is 22.5. The first kappa shape index (κ1) is 28.6. The summed E-state index contributed by atoms with van der Waals surface area (Å²) < 4.78 is 1.94. The number of benzene rings is 1. The van der Waals surface area contributed by atoms with Crippen molar-refractivity contribution in [1.82, 2.24) is 24.9 Å². The molecule has 190 valence electrons. The molecule has 2 fully saturated rings. The van der Waals surface area contributed by atoms with Crippen molar-refractivity contribution in [1.29, 1.82) is 0 Å². The second-order valence-electron chi connectivity index (χ2n) is 9.79. The Balaban J connectivity index is 0.00000204. The summed E-state index contributed by atoms with van der Waals surface area (Å²) in [5.74, 6) is 1.69. The number of hydrogen-bond acceptors (Lipinski definition) is 4. The molecule has 3 atom stereocenters. The molecular weight excluding hydrogens is 469 g/mol. The number of amides is 1. The minimum Gasteiger partial charge on any atom is -0.341 e. The molecule has 1 amide bonds. The third-order valence-electron chi connectivity index (χ3n) is 7.24. The molecule has 2 aliphatic heterocycles. The number of carbonyl (C=O) groups is 1. The van der Waals surface area contributed by atoms with Gasteiger partial charge in [0.25, 0.3) is 0 Å². The van der Waals surface area contributed by atoms with Crippen molar-refractivity contribution in [2.45, 2.75) is 65.2 Å². The molecule has 2 bridgehead atoms. The topological polar surface area (TPSA) is 53.4 Å². The van der Waals surface area contributed by atoms with Crippen LogP contribution in [0, 0.1) is 18.8 Å². The van der Waals surface area contributed by atoms with Crippen LogP contribution in [0.1, 0.15) is 49.4 Å². The van der Waals surface area contributed by atoms with Gasteiger partial charge in [-0.2, -0.15) is 5.10 Å². The lowest BCUT2D eigenvalue weighted by molar-refractivity contribution is -0.130. The summed E-state index contributed by atoms with van der Waals surface area (Å²) in [6, 6.07) is 11.4. The van der Waals surface area contributed by atoms with Crippen LogP contribution in [0.25, 0.3) is 0 Å². The van der Waals surface area contributed by atoms with Crippen LogP contribution >= 0.6 is 24.8 Å². The minimum atomic E-state index is 0. The van der Waals surface area contributed by atoms with Gasteiger partial charge in [0.15, 0.2) is 0 Å². The van der Waals surface area contributed by atoms with Crippen LogP contribution < -0.4 is 5.32 Å². The standard InChI is InChI=1S/C26H39N5O.2ClH/c1-4-31-19-24(20(2)28-31)17-29(3)26(32)12-8-11-25-23-13-22(14-27-25)16-30(18-23)15-21-9-6-5-7-10-21;;/h5-7,9-10,19,22-23,25,27H,4,8,11-18H2,1-3H3;2*1H. The van der Waals surface area contributed by atoms with Crippen molar-refractivity contribution >= 4 is 30.7 Å². The van der Waals surface area contributed by atoms with Gasteiger partial charge in [-0.1, -0.05) is 30.3 Å². The summed E-state index contributed by atoms with van der Waals surface area (Å²) >= 11 is 0. The first-order chi connectivity index (χ1) is 15.5. The Labute approximate surface area is 217 Å². The van der Waals surface area contributed by atoms with E-state index in [4.69, 9.17) is 0 Å². The summed E-state index contributed by atoms with van der Waals surface area (Å²) in [7, 11) is 1.91. The summed E-state index contributed by atoms with van der Waals surface area (Å²) in [5, 5.41) is 8.30. The van der Waals surface area contributed by atoms with Crippen LogP contribution in [0.4, 0.5) is 0 Å². The number of aryl methyl sites for hydroxylation is 2. The van der Waals surface area contributed by atoms with Gasteiger partial charge in [0.05, 0.1) is 5.69 Å². The van der Waals surface area contributed by atoms with Crippen LogP contribution in [0.5, 0.6) is 0 Å². The molecule has 2 saturated heterocycles.